The Hall–Kier alpha value is -3.67. The van der Waals surface area contributed by atoms with Gasteiger partial charge in [0.25, 0.3) is 0 Å². The number of aliphatic hydroxyl groups is 1. The van der Waals surface area contributed by atoms with Crippen LogP contribution in [-0.2, 0) is 26.0 Å². The number of fused-ring (bicyclic) bond motifs is 1. The van der Waals surface area contributed by atoms with Crippen molar-refractivity contribution in [1.82, 2.24) is 14.9 Å². The van der Waals surface area contributed by atoms with Crippen LogP contribution in [0.3, 0.4) is 0 Å². The first-order valence-electron chi connectivity index (χ1n) is 15.9. The third-order valence-corrected chi connectivity index (χ3v) is 9.79. The van der Waals surface area contributed by atoms with E-state index in [-0.39, 0.29) is 17.7 Å². The van der Waals surface area contributed by atoms with Crippen LogP contribution in [0.4, 0.5) is 4.79 Å². The Morgan fingerprint density at radius 2 is 1.80 bits per heavy atom. The predicted octanol–water partition coefficient (Wildman–Crippen LogP) is 4.95. The van der Waals surface area contributed by atoms with Gasteiger partial charge in [-0.15, -0.1) is 0 Å². The summed E-state index contributed by atoms with van der Waals surface area (Å²) in [4.78, 5) is 26.2. The maximum atomic E-state index is 13.6. The number of methoxy groups -OCH3 is 1. The number of ether oxygens (including phenoxy) is 2. The fraction of sp³-hybridized carbons (Fsp3) is 0.486. The highest BCUT2D eigenvalue weighted by Gasteiger charge is 2.34. The van der Waals surface area contributed by atoms with Crippen LogP contribution in [0.2, 0.25) is 0 Å². The van der Waals surface area contributed by atoms with Crippen molar-refractivity contribution < 1.29 is 32.6 Å². The molecule has 2 amide bonds. The average molecular weight is 656 g/mol. The largest absolute Gasteiger partial charge is 0.493 e. The SMILES string of the molecule is CO.COC(=O)N[C@H](C(=O)NCCCCCN(CC(C)C)S(=O)(=O)c1ccc2c(c1)CCO2)C(C1=CC=CCC1)c1ccccc1. The van der Waals surface area contributed by atoms with Crippen molar-refractivity contribution in [2.75, 3.05) is 40.5 Å². The van der Waals surface area contributed by atoms with E-state index in [1.54, 1.807) is 22.5 Å². The van der Waals surface area contributed by atoms with Crippen molar-refractivity contribution in [1.29, 1.82) is 0 Å². The van der Waals surface area contributed by atoms with E-state index in [1.807, 2.05) is 56.3 Å². The molecule has 2 aromatic rings. The molecule has 10 nitrogen and oxygen atoms in total. The predicted molar refractivity (Wildman–Crippen MR) is 179 cm³/mol. The second-order valence-corrected chi connectivity index (χ2v) is 13.6. The van der Waals surface area contributed by atoms with Crippen LogP contribution in [0.5, 0.6) is 5.75 Å². The van der Waals surface area contributed by atoms with Gasteiger partial charge in [-0.1, -0.05) is 74.4 Å². The number of carbonyl (C=O) groups is 2. The van der Waals surface area contributed by atoms with Crippen molar-refractivity contribution in [3.63, 3.8) is 0 Å². The minimum atomic E-state index is -3.65. The highest BCUT2D eigenvalue weighted by molar-refractivity contribution is 7.89. The zero-order valence-corrected chi connectivity index (χ0v) is 28.2. The second-order valence-electron chi connectivity index (χ2n) is 11.7. The van der Waals surface area contributed by atoms with E-state index in [4.69, 9.17) is 14.6 Å². The van der Waals surface area contributed by atoms with Crippen LogP contribution < -0.4 is 15.4 Å². The van der Waals surface area contributed by atoms with Crippen molar-refractivity contribution in [3.05, 3.63) is 83.5 Å². The van der Waals surface area contributed by atoms with E-state index >= 15 is 0 Å². The molecule has 1 unspecified atom stereocenters. The highest BCUT2D eigenvalue weighted by Crippen LogP contribution is 2.33. The molecule has 0 saturated heterocycles. The molecule has 0 bridgehead atoms. The number of nitrogens with zero attached hydrogens (tertiary/aromatic N) is 1. The lowest BCUT2D eigenvalue weighted by Gasteiger charge is -2.30. The topological polar surface area (TPSA) is 134 Å². The lowest BCUT2D eigenvalue weighted by molar-refractivity contribution is -0.123. The summed E-state index contributed by atoms with van der Waals surface area (Å²) in [5, 5.41) is 12.8. The number of aliphatic hydroxyl groups excluding tert-OH is 1. The van der Waals surface area contributed by atoms with Crippen molar-refractivity contribution in [2.24, 2.45) is 5.92 Å². The molecule has 0 radical (unpaired) electrons. The van der Waals surface area contributed by atoms with Gasteiger partial charge in [-0.05, 0) is 60.9 Å². The Balaban J connectivity index is 0.00000282. The molecule has 3 N–H and O–H groups in total. The van der Waals surface area contributed by atoms with Gasteiger partial charge >= 0.3 is 6.09 Å². The molecular weight excluding hydrogens is 606 g/mol. The highest BCUT2D eigenvalue weighted by atomic mass is 32.2. The maximum absolute atomic E-state index is 13.6. The van der Waals surface area contributed by atoms with Crippen LogP contribution in [0.1, 0.15) is 63.0 Å². The lowest BCUT2D eigenvalue weighted by Crippen LogP contribution is -2.50. The summed E-state index contributed by atoms with van der Waals surface area (Å²) < 4.78 is 39.1. The summed E-state index contributed by atoms with van der Waals surface area (Å²) in [5.74, 6) is 0.298. The number of hydrogen-bond acceptors (Lipinski definition) is 7. The van der Waals surface area contributed by atoms with E-state index in [0.717, 1.165) is 48.8 Å². The summed E-state index contributed by atoms with van der Waals surface area (Å²) in [5.41, 5.74) is 2.93. The monoisotopic (exact) mass is 655 g/mol. The molecule has 252 valence electrons. The minimum absolute atomic E-state index is 0.174. The number of alkyl carbamates (subject to hydrolysis) is 1. The molecule has 2 aliphatic rings. The standard InChI is InChI=1S/C34H45N3O6S.CH4O/c1-25(2)24-37(44(40,41)29-17-18-30-28(23-29)19-22-43-30)21-12-6-11-20-35-33(38)32(36-34(39)42-3)31(26-13-7-4-8-14-26)27-15-9-5-10-16-27;1-2/h4-5,7-9,13-15,17-18,23,25,31-32H,6,10-12,16,19-22,24H2,1-3H3,(H,35,38)(H,36,39);2H,1H3/t31?,32-;/m0./s1. The normalized spacial score (nSPS) is 15.2. The minimum Gasteiger partial charge on any atom is -0.493 e. The van der Waals surface area contributed by atoms with Gasteiger partial charge in [0.05, 0.1) is 18.6 Å². The lowest BCUT2D eigenvalue weighted by atomic mass is 9.81. The van der Waals surface area contributed by atoms with Crippen molar-refractivity contribution >= 4 is 22.0 Å². The molecular formula is C35H49N3O7S. The van der Waals surface area contributed by atoms with Gasteiger partial charge in [0.15, 0.2) is 0 Å². The third kappa shape index (κ3) is 10.2. The Morgan fingerprint density at radius 3 is 2.48 bits per heavy atom. The summed E-state index contributed by atoms with van der Waals surface area (Å²) in [6, 6.07) is 14.0. The summed E-state index contributed by atoms with van der Waals surface area (Å²) >= 11 is 0. The van der Waals surface area contributed by atoms with Crippen molar-refractivity contribution in [3.8, 4) is 5.75 Å². The van der Waals surface area contributed by atoms with Gasteiger partial charge in [-0.25, -0.2) is 13.2 Å². The zero-order valence-electron chi connectivity index (χ0n) is 27.4. The average Bonchev–Trinajstić information content (AvgIpc) is 3.55. The van der Waals surface area contributed by atoms with E-state index in [9.17, 15) is 18.0 Å². The number of carbonyl (C=O) groups excluding carboxylic acids is 2. The van der Waals surface area contributed by atoms with Gasteiger partial charge in [0, 0.05) is 39.1 Å². The maximum Gasteiger partial charge on any atom is 0.407 e. The van der Waals surface area contributed by atoms with Gasteiger partial charge < -0.3 is 25.2 Å². The fourth-order valence-corrected chi connectivity index (χ4v) is 7.44. The number of nitrogens with one attached hydrogen (secondary N) is 2. The number of benzene rings is 2. The number of unbranched alkanes of at least 4 members (excludes halogenated alkanes) is 2. The molecule has 0 spiro atoms. The summed E-state index contributed by atoms with van der Waals surface area (Å²) in [6.07, 6.45) is 9.86. The van der Waals surface area contributed by atoms with Gasteiger partial charge in [0.2, 0.25) is 15.9 Å². The number of sulfonamides is 1. The molecule has 2 aromatic carbocycles. The van der Waals surface area contributed by atoms with Gasteiger partial charge in [0.1, 0.15) is 11.8 Å². The number of allylic oxidation sites excluding steroid dienone is 3. The summed E-state index contributed by atoms with van der Waals surface area (Å²) in [6.45, 7) is 5.82. The van der Waals surface area contributed by atoms with E-state index < -0.39 is 22.2 Å². The Morgan fingerprint density at radius 1 is 1.04 bits per heavy atom. The molecule has 4 rings (SSSR count). The quantitative estimate of drug-likeness (QED) is 0.231. The Labute approximate surface area is 273 Å². The first-order chi connectivity index (χ1) is 22.2. The molecule has 2 atom stereocenters. The molecule has 1 aliphatic carbocycles. The Bertz CT molecular complexity index is 1440. The molecule has 0 fully saturated rings. The summed E-state index contributed by atoms with van der Waals surface area (Å²) in [7, 11) is -1.37. The molecule has 11 heteroatoms. The second kappa shape index (κ2) is 18.5. The first kappa shape index (κ1) is 36.8. The smallest absolute Gasteiger partial charge is 0.407 e. The number of rotatable bonds is 15. The van der Waals surface area contributed by atoms with E-state index in [1.165, 1.54) is 7.11 Å². The van der Waals surface area contributed by atoms with E-state index in [2.05, 4.69) is 16.7 Å². The Kier molecular flexibility index (Phi) is 14.8. The fourth-order valence-electron chi connectivity index (χ4n) is 5.75. The van der Waals surface area contributed by atoms with Crippen molar-refractivity contribution in [2.45, 2.75) is 69.2 Å². The van der Waals surface area contributed by atoms with Gasteiger partial charge in [-0.2, -0.15) is 4.31 Å². The van der Waals surface area contributed by atoms with Crippen LogP contribution >= 0.6 is 0 Å². The van der Waals surface area contributed by atoms with Crippen LogP contribution in [0, 0.1) is 5.92 Å². The molecule has 1 heterocycles. The number of hydrogen-bond donors (Lipinski definition) is 3. The van der Waals surface area contributed by atoms with Crippen LogP contribution in [-0.4, -0.2) is 76.3 Å². The van der Waals surface area contributed by atoms with Crippen LogP contribution in [0.25, 0.3) is 0 Å². The number of amides is 2. The molecule has 0 saturated carbocycles. The third-order valence-electron chi connectivity index (χ3n) is 7.93. The molecule has 46 heavy (non-hydrogen) atoms. The first-order valence-corrected chi connectivity index (χ1v) is 17.4. The van der Waals surface area contributed by atoms with E-state index in [0.29, 0.717) is 50.4 Å². The van der Waals surface area contributed by atoms with Crippen LogP contribution in [0.15, 0.2) is 77.2 Å². The molecule has 1 aliphatic heterocycles. The molecule has 0 aromatic heterocycles. The zero-order chi connectivity index (χ0) is 33.5. The van der Waals surface area contributed by atoms with Gasteiger partial charge in [-0.3, -0.25) is 4.79 Å².